The monoisotopic (exact) mass is 370 g/mol. The largest absolute Gasteiger partial charge is 0.326 e. The number of benzene rings is 2. The highest BCUT2D eigenvalue weighted by atomic mass is 32.1. The number of halogens is 2. The lowest BCUT2D eigenvalue weighted by molar-refractivity contribution is -0.120. The zero-order chi connectivity index (χ0) is 18.1. The van der Waals surface area contributed by atoms with Crippen molar-refractivity contribution < 1.29 is 13.6 Å². The van der Waals surface area contributed by atoms with Gasteiger partial charge in [0.25, 0.3) is 0 Å². The molecule has 6 heteroatoms. The van der Waals surface area contributed by atoms with Crippen molar-refractivity contribution in [2.24, 2.45) is 5.92 Å². The smallest absolute Gasteiger partial charge is 0.227 e. The number of rotatable bonds is 3. The third-order valence-corrected chi connectivity index (χ3v) is 5.69. The first-order valence-electron chi connectivity index (χ1n) is 8.40. The quantitative estimate of drug-likeness (QED) is 0.717. The fourth-order valence-corrected chi connectivity index (χ4v) is 4.31. The molecule has 4 rings (SSSR count). The summed E-state index contributed by atoms with van der Waals surface area (Å²) in [6.07, 6.45) is 2.06. The number of aromatic nitrogens is 1. The van der Waals surface area contributed by atoms with Gasteiger partial charge in [0.2, 0.25) is 5.91 Å². The van der Waals surface area contributed by atoms with Crippen molar-refractivity contribution >= 4 is 22.9 Å². The third-order valence-electron chi connectivity index (χ3n) is 4.52. The molecule has 3 nitrogen and oxygen atoms in total. The summed E-state index contributed by atoms with van der Waals surface area (Å²) in [5.74, 6) is -2.26. The Morgan fingerprint density at radius 2 is 1.92 bits per heavy atom. The second-order valence-corrected chi connectivity index (χ2v) is 7.40. The van der Waals surface area contributed by atoms with E-state index in [0.717, 1.165) is 39.7 Å². The Morgan fingerprint density at radius 3 is 2.69 bits per heavy atom. The number of thiazole rings is 1. The standard InChI is InChI=1S/C20H16F2N2OS/c21-15-8-7-14(11-16(15)22)23-19(25)13-6-9-17-18(10-13)26-20(24-17)12-4-2-1-3-5-12/h1-5,7-8,11,13H,6,9-10H2,(H,23,25). The maximum Gasteiger partial charge on any atom is 0.227 e. The number of aryl methyl sites for hydroxylation is 1. The molecule has 0 radical (unpaired) electrons. The summed E-state index contributed by atoms with van der Waals surface area (Å²) in [6.45, 7) is 0. The maximum absolute atomic E-state index is 13.3. The van der Waals surface area contributed by atoms with Crippen LogP contribution in [0.1, 0.15) is 17.0 Å². The van der Waals surface area contributed by atoms with Crippen LogP contribution in [-0.2, 0) is 17.6 Å². The number of hydrogen-bond donors (Lipinski definition) is 1. The first-order chi connectivity index (χ1) is 12.6. The van der Waals surface area contributed by atoms with Crippen LogP contribution in [0.25, 0.3) is 10.6 Å². The molecule has 1 N–H and O–H groups in total. The Morgan fingerprint density at radius 1 is 1.12 bits per heavy atom. The second-order valence-electron chi connectivity index (χ2n) is 6.31. The van der Waals surface area contributed by atoms with E-state index in [1.54, 1.807) is 11.3 Å². The predicted molar refractivity (Wildman–Crippen MR) is 98.1 cm³/mol. The van der Waals surface area contributed by atoms with Crippen LogP contribution in [-0.4, -0.2) is 10.9 Å². The molecule has 2 aromatic carbocycles. The minimum atomic E-state index is -0.969. The van der Waals surface area contributed by atoms with E-state index < -0.39 is 11.6 Å². The fourth-order valence-electron chi connectivity index (χ4n) is 3.12. The summed E-state index contributed by atoms with van der Waals surface area (Å²) in [7, 11) is 0. The summed E-state index contributed by atoms with van der Waals surface area (Å²) in [6, 6.07) is 13.4. The van der Waals surface area contributed by atoms with Gasteiger partial charge in [-0.2, -0.15) is 0 Å². The van der Waals surface area contributed by atoms with Gasteiger partial charge in [-0.1, -0.05) is 30.3 Å². The Labute approximate surface area is 153 Å². The normalized spacial score (nSPS) is 16.2. The number of nitrogens with zero attached hydrogens (tertiary/aromatic N) is 1. The molecule has 132 valence electrons. The van der Waals surface area contributed by atoms with Crippen LogP contribution < -0.4 is 5.32 Å². The Hall–Kier alpha value is -2.60. The minimum Gasteiger partial charge on any atom is -0.326 e. The molecule has 1 atom stereocenters. The number of hydrogen-bond acceptors (Lipinski definition) is 3. The molecule has 0 spiro atoms. The minimum absolute atomic E-state index is 0.170. The van der Waals surface area contributed by atoms with Gasteiger partial charge in [0.15, 0.2) is 11.6 Å². The van der Waals surface area contributed by atoms with Gasteiger partial charge in [0.05, 0.1) is 5.69 Å². The van der Waals surface area contributed by atoms with Gasteiger partial charge in [0, 0.05) is 28.1 Å². The van der Waals surface area contributed by atoms with E-state index in [0.29, 0.717) is 12.8 Å². The second kappa shape index (κ2) is 6.96. The van der Waals surface area contributed by atoms with E-state index in [9.17, 15) is 13.6 Å². The van der Waals surface area contributed by atoms with E-state index in [1.807, 2.05) is 30.3 Å². The molecule has 1 unspecified atom stereocenters. The highest BCUT2D eigenvalue weighted by Gasteiger charge is 2.28. The fraction of sp³-hybridized carbons (Fsp3) is 0.200. The van der Waals surface area contributed by atoms with Crippen molar-refractivity contribution in [3.63, 3.8) is 0 Å². The summed E-state index contributed by atoms with van der Waals surface area (Å²) >= 11 is 1.62. The average molecular weight is 370 g/mol. The molecule has 0 bridgehead atoms. The van der Waals surface area contributed by atoms with Crippen molar-refractivity contribution in [1.29, 1.82) is 0 Å². The van der Waals surface area contributed by atoms with Crippen molar-refractivity contribution in [2.45, 2.75) is 19.3 Å². The van der Waals surface area contributed by atoms with Gasteiger partial charge in [-0.15, -0.1) is 11.3 Å². The van der Waals surface area contributed by atoms with Crippen molar-refractivity contribution in [3.05, 3.63) is 70.7 Å². The van der Waals surface area contributed by atoms with Gasteiger partial charge in [0.1, 0.15) is 5.01 Å². The molecule has 3 aromatic rings. The first kappa shape index (κ1) is 16.8. The average Bonchev–Trinajstić information content (AvgIpc) is 3.09. The Balaban J connectivity index is 1.48. The molecular formula is C20H16F2N2OS. The summed E-state index contributed by atoms with van der Waals surface area (Å²) in [5.41, 5.74) is 2.41. The molecule has 0 saturated heterocycles. The first-order valence-corrected chi connectivity index (χ1v) is 9.22. The SMILES string of the molecule is O=C(Nc1ccc(F)c(F)c1)C1CCc2nc(-c3ccccc3)sc2C1. The van der Waals surface area contributed by atoms with Gasteiger partial charge in [-0.3, -0.25) is 4.79 Å². The van der Waals surface area contributed by atoms with E-state index in [2.05, 4.69) is 5.32 Å². The van der Waals surface area contributed by atoms with Crippen molar-refractivity contribution in [3.8, 4) is 10.6 Å². The Kier molecular flexibility index (Phi) is 4.51. The van der Waals surface area contributed by atoms with Crippen LogP contribution >= 0.6 is 11.3 Å². The van der Waals surface area contributed by atoms with Crippen LogP contribution in [0, 0.1) is 17.6 Å². The maximum atomic E-state index is 13.3. The molecule has 1 aliphatic rings. The summed E-state index contributed by atoms with van der Waals surface area (Å²) in [5, 5.41) is 3.66. The number of carbonyl (C=O) groups excluding carboxylic acids is 1. The van der Waals surface area contributed by atoms with Crippen LogP contribution in [0.5, 0.6) is 0 Å². The topological polar surface area (TPSA) is 42.0 Å². The molecule has 1 heterocycles. The molecule has 1 aliphatic carbocycles. The zero-order valence-electron chi connectivity index (χ0n) is 13.8. The van der Waals surface area contributed by atoms with Crippen molar-refractivity contribution in [2.75, 3.05) is 5.32 Å². The summed E-state index contributed by atoms with van der Waals surface area (Å²) < 4.78 is 26.3. The lowest BCUT2D eigenvalue weighted by Crippen LogP contribution is -2.27. The van der Waals surface area contributed by atoms with Crippen LogP contribution in [0.2, 0.25) is 0 Å². The molecular weight excluding hydrogens is 354 g/mol. The van der Waals surface area contributed by atoms with Gasteiger partial charge < -0.3 is 5.32 Å². The van der Waals surface area contributed by atoms with Crippen molar-refractivity contribution in [1.82, 2.24) is 4.98 Å². The van der Waals surface area contributed by atoms with E-state index >= 15 is 0 Å². The number of anilines is 1. The van der Waals surface area contributed by atoms with Gasteiger partial charge >= 0.3 is 0 Å². The van der Waals surface area contributed by atoms with Gasteiger partial charge in [-0.25, -0.2) is 13.8 Å². The Bertz CT molecular complexity index is 956. The number of fused-ring (bicyclic) bond motifs is 1. The lowest BCUT2D eigenvalue weighted by Gasteiger charge is -2.20. The van der Waals surface area contributed by atoms with E-state index in [4.69, 9.17) is 4.98 Å². The van der Waals surface area contributed by atoms with Crippen LogP contribution in [0.4, 0.5) is 14.5 Å². The highest BCUT2D eigenvalue weighted by Crippen LogP contribution is 2.35. The molecule has 0 saturated carbocycles. The van der Waals surface area contributed by atoms with Gasteiger partial charge in [-0.05, 0) is 31.4 Å². The van der Waals surface area contributed by atoms with Crippen LogP contribution in [0.15, 0.2) is 48.5 Å². The van der Waals surface area contributed by atoms with E-state index in [1.165, 1.54) is 6.07 Å². The molecule has 1 amide bonds. The number of carbonyl (C=O) groups is 1. The zero-order valence-corrected chi connectivity index (χ0v) is 14.7. The summed E-state index contributed by atoms with van der Waals surface area (Å²) in [4.78, 5) is 18.3. The van der Waals surface area contributed by atoms with E-state index in [-0.39, 0.29) is 17.5 Å². The molecule has 1 aromatic heterocycles. The number of nitrogens with one attached hydrogen (secondary N) is 1. The lowest BCUT2D eigenvalue weighted by atomic mass is 9.90. The number of amides is 1. The molecule has 0 aliphatic heterocycles. The molecule has 0 fully saturated rings. The predicted octanol–water partition coefficient (Wildman–Crippen LogP) is 4.83. The molecule has 26 heavy (non-hydrogen) atoms. The van der Waals surface area contributed by atoms with Crippen LogP contribution in [0.3, 0.4) is 0 Å². The highest BCUT2D eigenvalue weighted by molar-refractivity contribution is 7.15. The third kappa shape index (κ3) is 3.37.